The van der Waals surface area contributed by atoms with Crippen LogP contribution in [0.5, 0.6) is 0 Å². The minimum absolute atomic E-state index is 0.0121. The molecule has 0 aromatic heterocycles. The second kappa shape index (κ2) is 7.20. The van der Waals surface area contributed by atoms with E-state index in [4.69, 9.17) is 0 Å². The Morgan fingerprint density at radius 2 is 1.54 bits per heavy atom. The van der Waals surface area contributed by atoms with Gasteiger partial charge in [0.05, 0.1) is 0 Å². The van der Waals surface area contributed by atoms with Crippen LogP contribution in [0.4, 0.5) is 0 Å². The highest BCUT2D eigenvalue weighted by Crippen LogP contribution is 2.51. The zero-order chi connectivity index (χ0) is 20.7. The van der Waals surface area contributed by atoms with Crippen molar-refractivity contribution >= 4 is 11.7 Å². The Balaban J connectivity index is 2.00. The molecule has 2 aromatic rings. The summed E-state index contributed by atoms with van der Waals surface area (Å²) >= 11 is 0. The number of nitrogens with zero attached hydrogens (tertiary/aromatic N) is 1. The van der Waals surface area contributed by atoms with Gasteiger partial charge in [-0.3, -0.25) is 9.59 Å². The van der Waals surface area contributed by atoms with Crippen LogP contribution < -0.4 is 0 Å². The normalized spacial score (nSPS) is 19.6. The van der Waals surface area contributed by atoms with Crippen molar-refractivity contribution < 1.29 is 9.59 Å². The molecule has 0 radical (unpaired) electrons. The summed E-state index contributed by atoms with van der Waals surface area (Å²) in [5.74, 6) is 0.0453. The van der Waals surface area contributed by atoms with Gasteiger partial charge >= 0.3 is 0 Å². The second-order valence-corrected chi connectivity index (χ2v) is 8.95. The van der Waals surface area contributed by atoms with Crippen LogP contribution in [0, 0.1) is 5.41 Å². The van der Waals surface area contributed by atoms with Gasteiger partial charge in [-0.2, -0.15) is 0 Å². The van der Waals surface area contributed by atoms with Crippen LogP contribution in [0.2, 0.25) is 0 Å². The first-order valence-corrected chi connectivity index (χ1v) is 10.1. The van der Waals surface area contributed by atoms with Crippen LogP contribution in [0.25, 0.3) is 0 Å². The van der Waals surface area contributed by atoms with Gasteiger partial charge in [0.25, 0.3) is 5.91 Å². The topological polar surface area (TPSA) is 37.4 Å². The highest BCUT2D eigenvalue weighted by molar-refractivity contribution is 5.98. The largest absolute Gasteiger partial charge is 0.335 e. The first-order valence-electron chi connectivity index (χ1n) is 10.1. The lowest BCUT2D eigenvalue weighted by molar-refractivity contribution is 0.0215. The van der Waals surface area contributed by atoms with E-state index in [9.17, 15) is 9.59 Å². The van der Waals surface area contributed by atoms with Gasteiger partial charge in [0.2, 0.25) is 0 Å². The molecule has 0 unspecified atom stereocenters. The van der Waals surface area contributed by atoms with Crippen molar-refractivity contribution in [1.29, 1.82) is 0 Å². The molecule has 3 heteroatoms. The Bertz CT molecular complexity index is 893. The summed E-state index contributed by atoms with van der Waals surface area (Å²) in [6.45, 7) is 13.4. The molecule has 1 aliphatic carbocycles. The number of benzene rings is 2. The molecule has 0 fully saturated rings. The average Bonchev–Trinajstić information content (AvgIpc) is 2.66. The number of carbonyl (C=O) groups is 2. The van der Waals surface area contributed by atoms with Crippen molar-refractivity contribution in [2.45, 2.75) is 59.4 Å². The smallest absolute Gasteiger partial charge is 0.254 e. The molecular formula is C25H31NO2. The number of rotatable bonds is 4. The number of fused-ring (bicyclic) bond motifs is 1. The maximum absolute atomic E-state index is 13.4. The van der Waals surface area contributed by atoms with E-state index in [2.05, 4.69) is 52.0 Å². The van der Waals surface area contributed by atoms with Crippen molar-refractivity contribution in [1.82, 2.24) is 4.90 Å². The molecule has 1 aliphatic rings. The Morgan fingerprint density at radius 1 is 0.964 bits per heavy atom. The van der Waals surface area contributed by atoms with Crippen LogP contribution in [0.15, 0.2) is 48.5 Å². The number of amides is 1. The number of carbonyl (C=O) groups excluding carboxylic acids is 2. The number of likely N-dealkylation sites (N-methyl/N-ethyl adjacent to an activating group) is 1. The van der Waals surface area contributed by atoms with Crippen molar-refractivity contribution in [3.05, 3.63) is 70.8 Å². The van der Waals surface area contributed by atoms with Gasteiger partial charge in [0, 0.05) is 23.7 Å². The molecular weight excluding hydrogens is 346 g/mol. The van der Waals surface area contributed by atoms with E-state index in [1.54, 1.807) is 31.2 Å². The summed E-state index contributed by atoms with van der Waals surface area (Å²) in [5, 5.41) is 0. The van der Waals surface area contributed by atoms with E-state index in [1.165, 1.54) is 11.1 Å². The fourth-order valence-electron chi connectivity index (χ4n) is 4.55. The molecule has 0 spiro atoms. The quantitative estimate of drug-likeness (QED) is 0.680. The number of Topliss-reactive ketones (excluding diaryl/α,β-unsaturated/α-hetero) is 1. The molecule has 0 saturated carbocycles. The summed E-state index contributed by atoms with van der Waals surface area (Å²) in [5.41, 5.74) is 3.83. The maximum atomic E-state index is 13.4. The average molecular weight is 378 g/mol. The predicted octanol–water partition coefficient (Wildman–Crippen LogP) is 5.28. The molecule has 0 heterocycles. The molecule has 1 atom stereocenters. The van der Waals surface area contributed by atoms with Gasteiger partial charge in [-0.05, 0) is 54.4 Å². The van der Waals surface area contributed by atoms with Gasteiger partial charge < -0.3 is 4.90 Å². The van der Waals surface area contributed by atoms with E-state index < -0.39 is 0 Å². The Labute approximate surface area is 168 Å². The Kier molecular flexibility index (Phi) is 5.22. The summed E-state index contributed by atoms with van der Waals surface area (Å²) in [6, 6.07) is 15.8. The SMILES string of the molecule is CCN(C(=O)c1ccc(C(C)=O)cc1)[C@@H]1Cc2ccccc2C(C)(C)C1(C)C. The molecule has 3 rings (SSSR count). The van der Waals surface area contributed by atoms with Crippen LogP contribution in [-0.4, -0.2) is 29.2 Å². The first kappa shape index (κ1) is 20.3. The molecule has 2 aromatic carbocycles. The lowest BCUT2D eigenvalue weighted by Crippen LogP contribution is -2.58. The highest BCUT2D eigenvalue weighted by atomic mass is 16.2. The lowest BCUT2D eigenvalue weighted by Gasteiger charge is -2.55. The fraction of sp³-hybridized carbons (Fsp3) is 0.440. The highest BCUT2D eigenvalue weighted by Gasteiger charge is 2.51. The van der Waals surface area contributed by atoms with Crippen molar-refractivity contribution in [3.63, 3.8) is 0 Å². The number of hydrogen-bond acceptors (Lipinski definition) is 2. The standard InChI is InChI=1S/C25H31NO2/c1-7-26(23(28)19-14-12-18(13-15-19)17(2)27)22-16-20-10-8-9-11-21(20)24(3,4)25(22,5)6/h8-15,22H,7,16H2,1-6H3/t22-/m1/s1. The van der Waals surface area contributed by atoms with E-state index in [-0.39, 0.29) is 28.6 Å². The van der Waals surface area contributed by atoms with Crippen molar-refractivity contribution in [2.75, 3.05) is 6.54 Å². The maximum Gasteiger partial charge on any atom is 0.254 e. The monoisotopic (exact) mass is 377 g/mol. The summed E-state index contributed by atoms with van der Waals surface area (Å²) in [4.78, 5) is 27.0. The van der Waals surface area contributed by atoms with Gasteiger partial charge in [-0.1, -0.05) is 64.1 Å². The van der Waals surface area contributed by atoms with Crippen LogP contribution >= 0.6 is 0 Å². The first-order chi connectivity index (χ1) is 13.1. The zero-order valence-electron chi connectivity index (χ0n) is 17.9. The molecule has 0 saturated heterocycles. The molecule has 0 aliphatic heterocycles. The summed E-state index contributed by atoms with van der Waals surface area (Å²) in [7, 11) is 0. The minimum Gasteiger partial charge on any atom is -0.335 e. The molecule has 0 N–H and O–H groups in total. The predicted molar refractivity (Wildman–Crippen MR) is 114 cm³/mol. The van der Waals surface area contributed by atoms with Crippen LogP contribution in [0.1, 0.15) is 73.4 Å². The number of ketones is 1. The fourth-order valence-corrected chi connectivity index (χ4v) is 4.55. The minimum atomic E-state index is -0.0909. The number of hydrogen-bond donors (Lipinski definition) is 0. The van der Waals surface area contributed by atoms with Crippen LogP contribution in [0.3, 0.4) is 0 Å². The van der Waals surface area contributed by atoms with E-state index in [0.717, 1.165) is 6.42 Å². The summed E-state index contributed by atoms with van der Waals surface area (Å²) in [6.07, 6.45) is 0.859. The molecule has 3 nitrogen and oxygen atoms in total. The lowest BCUT2D eigenvalue weighted by atomic mass is 9.55. The summed E-state index contributed by atoms with van der Waals surface area (Å²) < 4.78 is 0. The molecule has 28 heavy (non-hydrogen) atoms. The second-order valence-electron chi connectivity index (χ2n) is 8.95. The molecule has 0 bridgehead atoms. The van der Waals surface area contributed by atoms with E-state index in [1.807, 2.05) is 11.8 Å². The third kappa shape index (κ3) is 3.17. The Hall–Kier alpha value is -2.42. The van der Waals surface area contributed by atoms with Gasteiger partial charge in [-0.15, -0.1) is 0 Å². The van der Waals surface area contributed by atoms with Gasteiger partial charge in [0.1, 0.15) is 0 Å². The van der Waals surface area contributed by atoms with Crippen LogP contribution in [-0.2, 0) is 11.8 Å². The van der Waals surface area contributed by atoms with Crippen molar-refractivity contribution in [2.24, 2.45) is 5.41 Å². The Morgan fingerprint density at radius 3 is 2.11 bits per heavy atom. The molecule has 1 amide bonds. The van der Waals surface area contributed by atoms with E-state index >= 15 is 0 Å². The van der Waals surface area contributed by atoms with E-state index in [0.29, 0.717) is 17.7 Å². The zero-order valence-corrected chi connectivity index (χ0v) is 17.9. The van der Waals surface area contributed by atoms with Gasteiger partial charge in [0.15, 0.2) is 5.78 Å². The third-order valence-corrected chi connectivity index (χ3v) is 7.06. The van der Waals surface area contributed by atoms with Gasteiger partial charge in [-0.25, -0.2) is 0 Å². The van der Waals surface area contributed by atoms with Crippen molar-refractivity contribution in [3.8, 4) is 0 Å². The third-order valence-electron chi connectivity index (χ3n) is 7.06. The molecule has 148 valence electrons.